The predicted octanol–water partition coefficient (Wildman–Crippen LogP) is 4.99. The Hall–Kier alpha value is -2.82. The molecule has 31 heavy (non-hydrogen) atoms. The molecule has 1 N–H and O–H groups in total. The summed E-state index contributed by atoms with van der Waals surface area (Å²) in [4.78, 5) is 23.3. The Labute approximate surface area is 183 Å². The number of ether oxygens (including phenoxy) is 2. The number of hydrogen-bond acceptors (Lipinski definition) is 4. The lowest BCUT2D eigenvalue weighted by atomic mass is 9.48. The van der Waals surface area contributed by atoms with E-state index >= 15 is 0 Å². The molecule has 4 aliphatic rings. The molecule has 0 aliphatic heterocycles. The highest BCUT2D eigenvalue weighted by atomic mass is 16.5. The quantitative estimate of drug-likeness (QED) is 0.642. The summed E-state index contributed by atoms with van der Waals surface area (Å²) < 4.78 is 10.8. The van der Waals surface area contributed by atoms with Gasteiger partial charge in [0.2, 0.25) is 0 Å². The first-order chi connectivity index (χ1) is 15.1. The third-order valence-electron chi connectivity index (χ3n) is 7.50. The lowest BCUT2D eigenvalue weighted by Gasteiger charge is -2.57. The molecular formula is C26H29NO4. The van der Waals surface area contributed by atoms with Gasteiger partial charge in [0.25, 0.3) is 5.91 Å². The predicted molar refractivity (Wildman–Crippen MR) is 119 cm³/mol. The fourth-order valence-corrected chi connectivity index (χ4v) is 6.59. The normalized spacial score (nSPS) is 28.2. The maximum Gasteiger partial charge on any atom is 0.262 e. The van der Waals surface area contributed by atoms with Gasteiger partial charge in [0.05, 0.1) is 7.11 Å². The largest absolute Gasteiger partial charge is 0.493 e. The molecule has 4 aliphatic carbocycles. The summed E-state index contributed by atoms with van der Waals surface area (Å²) in [6.07, 6.45) is 9.07. The molecule has 0 unspecified atom stereocenters. The average Bonchev–Trinajstić information content (AvgIpc) is 2.77. The first-order valence-corrected chi connectivity index (χ1v) is 11.2. The molecule has 5 heteroatoms. The molecule has 0 aromatic heterocycles. The van der Waals surface area contributed by atoms with E-state index < -0.39 is 0 Å². The number of carbonyl (C=O) groups is 2. The molecule has 2 aromatic carbocycles. The van der Waals surface area contributed by atoms with E-state index in [1.807, 2.05) is 12.1 Å². The Morgan fingerprint density at radius 2 is 1.65 bits per heavy atom. The molecule has 4 saturated carbocycles. The van der Waals surface area contributed by atoms with Gasteiger partial charge in [0.1, 0.15) is 6.29 Å². The van der Waals surface area contributed by atoms with Gasteiger partial charge in [-0.2, -0.15) is 0 Å². The van der Waals surface area contributed by atoms with Crippen LogP contribution in [0.2, 0.25) is 0 Å². The molecule has 4 bridgehead atoms. The lowest BCUT2D eigenvalue weighted by Crippen LogP contribution is -2.48. The summed E-state index contributed by atoms with van der Waals surface area (Å²) in [6, 6.07) is 13.3. The number of aldehydes is 1. The number of rotatable bonds is 7. The van der Waals surface area contributed by atoms with E-state index in [0.717, 1.165) is 29.7 Å². The van der Waals surface area contributed by atoms with Crippen LogP contribution in [0.1, 0.15) is 54.4 Å². The highest BCUT2D eigenvalue weighted by Gasteiger charge is 2.51. The molecule has 162 valence electrons. The van der Waals surface area contributed by atoms with E-state index in [2.05, 4.69) is 17.4 Å². The minimum absolute atomic E-state index is 0.131. The van der Waals surface area contributed by atoms with E-state index in [0.29, 0.717) is 22.5 Å². The van der Waals surface area contributed by atoms with Crippen LogP contribution in [0.4, 0.5) is 5.69 Å². The Balaban J connectivity index is 1.21. The van der Waals surface area contributed by atoms with Crippen LogP contribution in [0.5, 0.6) is 11.5 Å². The Morgan fingerprint density at radius 1 is 1.00 bits per heavy atom. The zero-order valence-electron chi connectivity index (χ0n) is 17.9. The zero-order valence-corrected chi connectivity index (χ0v) is 17.9. The SMILES string of the molecule is COc1cc(C=O)ccc1OCC(=O)Nc1ccc(C23CC4CC(CC(C4)C2)C3)cc1. The van der Waals surface area contributed by atoms with Gasteiger partial charge in [-0.3, -0.25) is 9.59 Å². The molecule has 0 heterocycles. The fourth-order valence-electron chi connectivity index (χ4n) is 6.59. The smallest absolute Gasteiger partial charge is 0.262 e. The fraction of sp³-hybridized carbons (Fsp3) is 0.462. The van der Waals surface area contributed by atoms with Gasteiger partial charge in [-0.15, -0.1) is 0 Å². The van der Waals surface area contributed by atoms with E-state index in [4.69, 9.17) is 9.47 Å². The van der Waals surface area contributed by atoms with E-state index in [1.165, 1.54) is 51.2 Å². The second-order valence-corrected chi connectivity index (χ2v) is 9.64. The number of carbonyl (C=O) groups excluding carboxylic acids is 2. The monoisotopic (exact) mass is 419 g/mol. The summed E-state index contributed by atoms with van der Waals surface area (Å²) in [5.41, 5.74) is 3.09. The van der Waals surface area contributed by atoms with Crippen molar-refractivity contribution in [2.75, 3.05) is 19.0 Å². The highest BCUT2D eigenvalue weighted by molar-refractivity contribution is 5.92. The minimum atomic E-state index is -0.232. The van der Waals surface area contributed by atoms with Crippen LogP contribution in [0.25, 0.3) is 0 Å². The second kappa shape index (κ2) is 8.03. The van der Waals surface area contributed by atoms with Crippen LogP contribution >= 0.6 is 0 Å². The molecular weight excluding hydrogens is 390 g/mol. The van der Waals surface area contributed by atoms with Crippen molar-refractivity contribution in [2.24, 2.45) is 17.8 Å². The van der Waals surface area contributed by atoms with Crippen molar-refractivity contribution in [1.29, 1.82) is 0 Å². The number of benzene rings is 2. The van der Waals surface area contributed by atoms with Crippen LogP contribution in [0.3, 0.4) is 0 Å². The molecule has 6 rings (SSSR count). The summed E-state index contributed by atoms with van der Waals surface area (Å²) in [6.45, 7) is -0.131. The maximum atomic E-state index is 12.4. The van der Waals surface area contributed by atoms with Crippen molar-refractivity contribution in [3.05, 3.63) is 53.6 Å². The molecule has 0 atom stereocenters. The lowest BCUT2D eigenvalue weighted by molar-refractivity contribution is -0.118. The molecule has 0 radical (unpaired) electrons. The van der Waals surface area contributed by atoms with Gasteiger partial charge in [0, 0.05) is 11.3 Å². The van der Waals surface area contributed by atoms with Gasteiger partial charge in [-0.1, -0.05) is 12.1 Å². The standard InChI is InChI=1S/C26H29NO4/c1-30-24-11-17(15-28)2-7-23(24)31-16-25(29)27-22-5-3-21(4-6-22)26-12-18-8-19(13-26)10-20(9-18)14-26/h2-7,11,15,18-20H,8-10,12-14,16H2,1H3,(H,27,29). The number of hydrogen-bond donors (Lipinski definition) is 1. The van der Waals surface area contributed by atoms with Crippen LogP contribution < -0.4 is 14.8 Å². The molecule has 2 aromatic rings. The first-order valence-electron chi connectivity index (χ1n) is 11.2. The van der Waals surface area contributed by atoms with E-state index in [-0.39, 0.29) is 12.5 Å². The number of anilines is 1. The Bertz CT molecular complexity index is 946. The third-order valence-corrected chi connectivity index (χ3v) is 7.50. The second-order valence-electron chi connectivity index (χ2n) is 9.64. The molecule has 5 nitrogen and oxygen atoms in total. The van der Waals surface area contributed by atoms with Crippen molar-refractivity contribution in [1.82, 2.24) is 0 Å². The topological polar surface area (TPSA) is 64.6 Å². The van der Waals surface area contributed by atoms with Crippen LogP contribution in [-0.2, 0) is 10.2 Å². The Morgan fingerprint density at radius 3 is 2.23 bits per heavy atom. The van der Waals surface area contributed by atoms with Gasteiger partial charge in [-0.05, 0) is 97.6 Å². The van der Waals surface area contributed by atoms with Gasteiger partial charge in [0.15, 0.2) is 18.1 Å². The average molecular weight is 420 g/mol. The highest BCUT2D eigenvalue weighted by Crippen LogP contribution is 2.60. The third kappa shape index (κ3) is 3.93. The van der Waals surface area contributed by atoms with Crippen molar-refractivity contribution < 1.29 is 19.1 Å². The minimum Gasteiger partial charge on any atom is -0.493 e. The number of nitrogens with one attached hydrogen (secondary N) is 1. The van der Waals surface area contributed by atoms with Gasteiger partial charge >= 0.3 is 0 Å². The molecule has 1 amide bonds. The summed E-state index contributed by atoms with van der Waals surface area (Å²) in [7, 11) is 1.50. The summed E-state index contributed by atoms with van der Waals surface area (Å²) in [5.74, 6) is 3.38. The number of methoxy groups -OCH3 is 1. The van der Waals surface area contributed by atoms with Crippen molar-refractivity contribution in [3.63, 3.8) is 0 Å². The van der Waals surface area contributed by atoms with E-state index in [9.17, 15) is 9.59 Å². The zero-order chi connectivity index (χ0) is 21.4. The molecule has 4 fully saturated rings. The van der Waals surface area contributed by atoms with Crippen molar-refractivity contribution in [2.45, 2.75) is 43.9 Å². The maximum absolute atomic E-state index is 12.4. The van der Waals surface area contributed by atoms with Crippen LogP contribution in [0, 0.1) is 17.8 Å². The first kappa shape index (κ1) is 20.1. The van der Waals surface area contributed by atoms with Gasteiger partial charge < -0.3 is 14.8 Å². The number of amides is 1. The molecule has 0 spiro atoms. The van der Waals surface area contributed by atoms with Crippen molar-refractivity contribution >= 4 is 17.9 Å². The Kier molecular flexibility index (Phi) is 5.20. The molecule has 0 saturated heterocycles. The van der Waals surface area contributed by atoms with Crippen LogP contribution in [0.15, 0.2) is 42.5 Å². The van der Waals surface area contributed by atoms with Crippen molar-refractivity contribution in [3.8, 4) is 11.5 Å². The van der Waals surface area contributed by atoms with Crippen LogP contribution in [-0.4, -0.2) is 25.9 Å². The van der Waals surface area contributed by atoms with Gasteiger partial charge in [-0.25, -0.2) is 0 Å². The van der Waals surface area contributed by atoms with E-state index in [1.54, 1.807) is 18.2 Å². The summed E-state index contributed by atoms with van der Waals surface area (Å²) in [5, 5.41) is 2.91. The summed E-state index contributed by atoms with van der Waals surface area (Å²) >= 11 is 0.